The van der Waals surface area contributed by atoms with Crippen LogP contribution in [0.1, 0.15) is 10.4 Å². The highest BCUT2D eigenvalue weighted by Gasteiger charge is 2.05. The van der Waals surface area contributed by atoms with Crippen molar-refractivity contribution in [3.63, 3.8) is 0 Å². The molecule has 2 aromatic rings. The molecule has 0 bridgehead atoms. The van der Waals surface area contributed by atoms with Gasteiger partial charge in [0, 0.05) is 29.8 Å². The maximum atomic E-state index is 11.6. The normalized spacial score (nSPS) is 10.5. The lowest BCUT2D eigenvalue weighted by Crippen LogP contribution is -2.25. The number of fused-ring (bicyclic) bond motifs is 1. The first kappa shape index (κ1) is 9.73. The summed E-state index contributed by atoms with van der Waals surface area (Å²) in [6.07, 6.45) is 1.85. The monoisotopic (exact) mass is 204 g/mol. The molecule has 0 saturated heterocycles. The molecule has 1 heterocycles. The summed E-state index contributed by atoms with van der Waals surface area (Å²) < 4.78 is 4.77. The SMILES string of the molecule is COCNC(=O)c1ccc2[nH]ccc2c1. The van der Waals surface area contributed by atoms with Crippen LogP contribution >= 0.6 is 0 Å². The zero-order valence-electron chi connectivity index (χ0n) is 8.41. The molecule has 1 aromatic carbocycles. The van der Waals surface area contributed by atoms with E-state index in [1.54, 1.807) is 6.07 Å². The fraction of sp³-hybridized carbons (Fsp3) is 0.182. The van der Waals surface area contributed by atoms with Crippen LogP contribution in [0.15, 0.2) is 30.5 Å². The number of benzene rings is 1. The molecule has 0 atom stereocenters. The molecule has 0 aliphatic heterocycles. The summed E-state index contributed by atoms with van der Waals surface area (Å²) in [5.74, 6) is -0.125. The van der Waals surface area contributed by atoms with E-state index in [0.29, 0.717) is 5.56 Å². The van der Waals surface area contributed by atoms with Crippen molar-refractivity contribution in [3.8, 4) is 0 Å². The average molecular weight is 204 g/mol. The van der Waals surface area contributed by atoms with Gasteiger partial charge in [0.25, 0.3) is 5.91 Å². The molecule has 0 saturated carbocycles. The zero-order valence-corrected chi connectivity index (χ0v) is 8.41. The Labute approximate surface area is 87.2 Å². The third-order valence-corrected chi connectivity index (χ3v) is 2.19. The Morgan fingerprint density at radius 2 is 2.33 bits per heavy atom. The van der Waals surface area contributed by atoms with Crippen LogP contribution in [0.2, 0.25) is 0 Å². The highest BCUT2D eigenvalue weighted by atomic mass is 16.5. The van der Waals surface area contributed by atoms with Gasteiger partial charge in [-0.05, 0) is 24.3 Å². The number of aromatic nitrogens is 1. The Balaban J connectivity index is 2.23. The van der Waals surface area contributed by atoms with Gasteiger partial charge in [-0.25, -0.2) is 0 Å². The summed E-state index contributed by atoms with van der Waals surface area (Å²) in [6.45, 7) is 0.226. The Bertz CT molecular complexity index is 476. The van der Waals surface area contributed by atoms with Gasteiger partial charge in [-0.1, -0.05) is 0 Å². The second-order valence-electron chi connectivity index (χ2n) is 3.22. The van der Waals surface area contributed by atoms with E-state index in [1.807, 2.05) is 24.4 Å². The highest BCUT2D eigenvalue weighted by Crippen LogP contribution is 2.13. The number of ether oxygens (including phenoxy) is 1. The van der Waals surface area contributed by atoms with Crippen molar-refractivity contribution in [1.82, 2.24) is 10.3 Å². The molecule has 2 rings (SSSR count). The lowest BCUT2D eigenvalue weighted by molar-refractivity contribution is 0.0872. The van der Waals surface area contributed by atoms with Gasteiger partial charge >= 0.3 is 0 Å². The molecule has 1 amide bonds. The molecule has 0 spiro atoms. The van der Waals surface area contributed by atoms with Crippen LogP contribution in [0.3, 0.4) is 0 Å². The van der Waals surface area contributed by atoms with E-state index >= 15 is 0 Å². The molecule has 1 aromatic heterocycles. The van der Waals surface area contributed by atoms with E-state index in [0.717, 1.165) is 10.9 Å². The number of carbonyl (C=O) groups excluding carboxylic acids is 1. The van der Waals surface area contributed by atoms with E-state index in [-0.39, 0.29) is 12.6 Å². The van der Waals surface area contributed by atoms with Crippen LogP contribution in [0.4, 0.5) is 0 Å². The minimum absolute atomic E-state index is 0.125. The molecule has 0 aliphatic carbocycles. The number of hydrogen-bond acceptors (Lipinski definition) is 2. The fourth-order valence-corrected chi connectivity index (χ4v) is 1.43. The standard InChI is InChI=1S/C11H12N2O2/c1-15-7-13-11(14)9-2-3-10-8(6-9)4-5-12-10/h2-6,12H,7H2,1H3,(H,13,14). The van der Waals surface area contributed by atoms with Crippen molar-refractivity contribution in [2.75, 3.05) is 13.8 Å². The fourth-order valence-electron chi connectivity index (χ4n) is 1.43. The lowest BCUT2D eigenvalue weighted by Gasteiger charge is -2.03. The number of nitrogens with one attached hydrogen (secondary N) is 2. The van der Waals surface area contributed by atoms with Gasteiger partial charge in [-0.3, -0.25) is 4.79 Å². The van der Waals surface area contributed by atoms with Gasteiger partial charge < -0.3 is 15.0 Å². The van der Waals surface area contributed by atoms with Crippen LogP contribution in [0, 0.1) is 0 Å². The Kier molecular flexibility index (Phi) is 2.69. The van der Waals surface area contributed by atoms with E-state index in [1.165, 1.54) is 7.11 Å². The first-order valence-electron chi connectivity index (χ1n) is 4.65. The molecular weight excluding hydrogens is 192 g/mol. The van der Waals surface area contributed by atoms with Crippen molar-refractivity contribution < 1.29 is 9.53 Å². The van der Waals surface area contributed by atoms with Crippen molar-refractivity contribution in [2.45, 2.75) is 0 Å². The predicted octanol–water partition coefficient (Wildman–Crippen LogP) is 1.50. The number of H-pyrrole nitrogens is 1. The van der Waals surface area contributed by atoms with Crippen molar-refractivity contribution in [1.29, 1.82) is 0 Å². The van der Waals surface area contributed by atoms with Gasteiger partial charge in [0.2, 0.25) is 0 Å². The summed E-state index contributed by atoms with van der Waals surface area (Å²) in [5.41, 5.74) is 1.66. The molecule has 0 unspecified atom stereocenters. The predicted molar refractivity (Wildman–Crippen MR) is 57.6 cm³/mol. The minimum Gasteiger partial charge on any atom is -0.364 e. The van der Waals surface area contributed by atoms with Gasteiger partial charge in [-0.15, -0.1) is 0 Å². The second-order valence-corrected chi connectivity index (χ2v) is 3.22. The number of carbonyl (C=O) groups is 1. The van der Waals surface area contributed by atoms with Crippen LogP contribution in [0.5, 0.6) is 0 Å². The summed E-state index contributed by atoms with van der Waals surface area (Å²) >= 11 is 0. The van der Waals surface area contributed by atoms with Crippen molar-refractivity contribution >= 4 is 16.8 Å². The molecule has 2 N–H and O–H groups in total. The number of rotatable bonds is 3. The van der Waals surface area contributed by atoms with E-state index in [4.69, 9.17) is 4.74 Å². The summed E-state index contributed by atoms with van der Waals surface area (Å²) in [5, 5.41) is 3.66. The molecular formula is C11H12N2O2. The smallest absolute Gasteiger partial charge is 0.253 e. The van der Waals surface area contributed by atoms with Gasteiger partial charge in [0.1, 0.15) is 6.73 Å². The van der Waals surface area contributed by atoms with Gasteiger partial charge in [0.05, 0.1) is 0 Å². The zero-order chi connectivity index (χ0) is 10.7. The minimum atomic E-state index is -0.125. The third-order valence-electron chi connectivity index (χ3n) is 2.19. The van der Waals surface area contributed by atoms with Crippen LogP contribution in [-0.4, -0.2) is 24.7 Å². The maximum absolute atomic E-state index is 11.6. The topological polar surface area (TPSA) is 54.1 Å². The van der Waals surface area contributed by atoms with E-state index < -0.39 is 0 Å². The Morgan fingerprint density at radius 1 is 1.47 bits per heavy atom. The molecule has 4 heteroatoms. The van der Waals surface area contributed by atoms with Gasteiger partial charge in [-0.2, -0.15) is 0 Å². The molecule has 15 heavy (non-hydrogen) atoms. The van der Waals surface area contributed by atoms with Crippen molar-refractivity contribution in [3.05, 3.63) is 36.0 Å². The summed E-state index contributed by atoms with van der Waals surface area (Å²) in [6, 6.07) is 7.44. The average Bonchev–Trinajstić information content (AvgIpc) is 2.72. The first-order valence-corrected chi connectivity index (χ1v) is 4.65. The van der Waals surface area contributed by atoms with Crippen LogP contribution in [-0.2, 0) is 4.74 Å². The summed E-state index contributed by atoms with van der Waals surface area (Å²) in [7, 11) is 1.54. The largest absolute Gasteiger partial charge is 0.364 e. The maximum Gasteiger partial charge on any atom is 0.253 e. The van der Waals surface area contributed by atoms with E-state index in [9.17, 15) is 4.79 Å². The first-order chi connectivity index (χ1) is 7.31. The summed E-state index contributed by atoms with van der Waals surface area (Å²) in [4.78, 5) is 14.6. The molecule has 0 fully saturated rings. The van der Waals surface area contributed by atoms with Gasteiger partial charge in [0.15, 0.2) is 0 Å². The molecule has 78 valence electrons. The number of amides is 1. The quantitative estimate of drug-likeness (QED) is 0.744. The van der Waals surface area contributed by atoms with Crippen molar-refractivity contribution in [2.24, 2.45) is 0 Å². The molecule has 0 radical (unpaired) electrons. The number of aromatic amines is 1. The van der Waals surface area contributed by atoms with E-state index in [2.05, 4.69) is 10.3 Å². The second kappa shape index (κ2) is 4.14. The number of hydrogen-bond donors (Lipinski definition) is 2. The van der Waals surface area contributed by atoms with Crippen LogP contribution < -0.4 is 5.32 Å². The highest BCUT2D eigenvalue weighted by molar-refractivity contribution is 5.97. The molecule has 0 aliphatic rings. The number of methoxy groups -OCH3 is 1. The third kappa shape index (κ3) is 1.99. The Hall–Kier alpha value is -1.81. The lowest BCUT2D eigenvalue weighted by atomic mass is 10.1. The van der Waals surface area contributed by atoms with Crippen LogP contribution in [0.25, 0.3) is 10.9 Å². The molecule has 4 nitrogen and oxygen atoms in total. The Morgan fingerprint density at radius 3 is 3.13 bits per heavy atom.